The zero-order valence-electron chi connectivity index (χ0n) is 9.12. The molecule has 4 nitrogen and oxygen atoms in total. The SMILES string of the molecule is CCCOC(OCCC)O[Si]CCN. The molecule has 2 radical (unpaired) electrons. The molecule has 2 N–H and O–H groups in total. The molecule has 0 unspecified atom stereocenters. The van der Waals surface area contributed by atoms with Gasteiger partial charge in [0, 0.05) is 0 Å². The van der Waals surface area contributed by atoms with Crippen LogP contribution in [0.15, 0.2) is 0 Å². The van der Waals surface area contributed by atoms with E-state index in [9.17, 15) is 0 Å². The number of rotatable bonds is 10. The molecule has 0 aliphatic carbocycles. The van der Waals surface area contributed by atoms with Gasteiger partial charge < -0.3 is 19.6 Å². The third-order valence-electron chi connectivity index (χ3n) is 1.34. The molecule has 0 aromatic carbocycles. The van der Waals surface area contributed by atoms with Crippen LogP contribution in [0.4, 0.5) is 0 Å². The van der Waals surface area contributed by atoms with E-state index in [-0.39, 0.29) is 0 Å². The molecule has 0 rings (SSSR count). The van der Waals surface area contributed by atoms with Crippen LogP contribution in [0, 0.1) is 0 Å². The molecule has 0 saturated heterocycles. The van der Waals surface area contributed by atoms with Crippen molar-refractivity contribution in [3.05, 3.63) is 0 Å². The van der Waals surface area contributed by atoms with Gasteiger partial charge in [0.1, 0.15) is 0 Å². The molecule has 0 fully saturated rings. The standard InChI is InChI=1S/C9H21NO3Si/c1-3-6-11-9(12-7-4-2)13-14-8-5-10/h9H,3-8,10H2,1-2H3. The van der Waals surface area contributed by atoms with Gasteiger partial charge >= 0.3 is 0 Å². The van der Waals surface area contributed by atoms with Crippen LogP contribution in [0.3, 0.4) is 0 Å². The molecular weight excluding hydrogens is 198 g/mol. The lowest BCUT2D eigenvalue weighted by Gasteiger charge is -2.17. The summed E-state index contributed by atoms with van der Waals surface area (Å²) in [6.45, 7) is 5.59. The molecular formula is C9H21NO3Si. The summed E-state index contributed by atoms with van der Waals surface area (Å²) in [4.78, 5) is 0. The third-order valence-corrected chi connectivity index (χ3v) is 2.19. The molecule has 0 amide bonds. The van der Waals surface area contributed by atoms with E-state index < -0.39 is 6.48 Å². The smallest absolute Gasteiger partial charge is 0.261 e. The number of nitrogens with two attached hydrogens (primary N) is 1. The Balaban J connectivity index is 3.49. The highest BCUT2D eigenvalue weighted by atomic mass is 28.2. The average molecular weight is 219 g/mol. The maximum absolute atomic E-state index is 5.39. The van der Waals surface area contributed by atoms with Gasteiger partial charge in [0.25, 0.3) is 6.48 Å². The normalized spacial score (nSPS) is 11.1. The van der Waals surface area contributed by atoms with Crippen molar-refractivity contribution in [2.24, 2.45) is 5.73 Å². The maximum atomic E-state index is 5.39. The Morgan fingerprint density at radius 2 is 1.71 bits per heavy atom. The second-order valence-electron chi connectivity index (χ2n) is 2.83. The quantitative estimate of drug-likeness (QED) is 0.340. The van der Waals surface area contributed by atoms with Crippen molar-refractivity contribution in [2.75, 3.05) is 19.8 Å². The predicted molar refractivity (Wildman–Crippen MR) is 57.0 cm³/mol. The van der Waals surface area contributed by atoms with Gasteiger partial charge in [-0.15, -0.1) is 0 Å². The monoisotopic (exact) mass is 219 g/mol. The zero-order valence-corrected chi connectivity index (χ0v) is 10.1. The van der Waals surface area contributed by atoms with Crippen molar-refractivity contribution in [3.8, 4) is 0 Å². The molecule has 0 aromatic heterocycles. The second-order valence-corrected chi connectivity index (χ2v) is 3.86. The molecule has 0 bridgehead atoms. The van der Waals surface area contributed by atoms with Gasteiger partial charge in [0.05, 0.1) is 13.2 Å². The lowest BCUT2D eigenvalue weighted by Crippen LogP contribution is -2.24. The molecule has 84 valence electrons. The molecule has 0 aromatic rings. The minimum absolute atomic E-state index is 0.360. The van der Waals surface area contributed by atoms with Gasteiger partial charge in [-0.1, -0.05) is 13.8 Å². The summed E-state index contributed by atoms with van der Waals surface area (Å²) in [6, 6.07) is 0.863. The van der Waals surface area contributed by atoms with Crippen molar-refractivity contribution in [1.82, 2.24) is 0 Å². The summed E-state index contributed by atoms with van der Waals surface area (Å²) in [5.74, 6) is 0. The molecule has 14 heavy (non-hydrogen) atoms. The van der Waals surface area contributed by atoms with Crippen LogP contribution in [0.1, 0.15) is 26.7 Å². The minimum atomic E-state index is -0.500. The van der Waals surface area contributed by atoms with E-state index in [0.29, 0.717) is 29.5 Å². The first kappa shape index (κ1) is 14.1. The molecule has 0 aliphatic heterocycles. The van der Waals surface area contributed by atoms with Crippen LogP contribution in [0.2, 0.25) is 6.04 Å². The molecule has 0 heterocycles. The van der Waals surface area contributed by atoms with E-state index >= 15 is 0 Å². The van der Waals surface area contributed by atoms with Crippen LogP contribution in [0.25, 0.3) is 0 Å². The fourth-order valence-corrected chi connectivity index (χ4v) is 1.24. The van der Waals surface area contributed by atoms with E-state index in [2.05, 4.69) is 13.8 Å². The predicted octanol–water partition coefficient (Wildman–Crippen LogP) is 1.14. The molecule has 0 aliphatic rings. The Labute approximate surface area is 89.0 Å². The van der Waals surface area contributed by atoms with E-state index in [1.54, 1.807) is 0 Å². The van der Waals surface area contributed by atoms with Crippen molar-refractivity contribution < 1.29 is 13.9 Å². The maximum Gasteiger partial charge on any atom is 0.261 e. The lowest BCUT2D eigenvalue weighted by atomic mass is 10.5. The van der Waals surface area contributed by atoms with Gasteiger partial charge in [0.2, 0.25) is 9.76 Å². The fourth-order valence-electron chi connectivity index (χ4n) is 0.730. The van der Waals surface area contributed by atoms with Gasteiger partial charge in [-0.3, -0.25) is 0 Å². The summed E-state index contributed by atoms with van der Waals surface area (Å²) in [6.07, 6.45) is 1.94. The lowest BCUT2D eigenvalue weighted by molar-refractivity contribution is -0.247. The summed E-state index contributed by atoms with van der Waals surface area (Å²) in [7, 11) is 0.360. The topological polar surface area (TPSA) is 53.7 Å². The van der Waals surface area contributed by atoms with Crippen molar-refractivity contribution >= 4 is 9.76 Å². The Hall–Kier alpha value is 0.0569. The first-order chi connectivity index (χ1) is 6.85. The molecule has 5 heteroatoms. The van der Waals surface area contributed by atoms with Crippen LogP contribution in [-0.2, 0) is 13.9 Å². The Bertz CT molecular complexity index is 108. The highest BCUT2D eigenvalue weighted by molar-refractivity contribution is 6.27. The molecule has 0 atom stereocenters. The van der Waals surface area contributed by atoms with Crippen LogP contribution >= 0.6 is 0 Å². The Morgan fingerprint density at radius 1 is 1.14 bits per heavy atom. The van der Waals surface area contributed by atoms with Crippen LogP contribution in [-0.4, -0.2) is 36.0 Å². The van der Waals surface area contributed by atoms with Crippen LogP contribution in [0.5, 0.6) is 0 Å². The van der Waals surface area contributed by atoms with Crippen molar-refractivity contribution in [3.63, 3.8) is 0 Å². The summed E-state index contributed by atoms with van der Waals surface area (Å²) in [5.41, 5.74) is 5.36. The highest BCUT2D eigenvalue weighted by Crippen LogP contribution is 1.99. The van der Waals surface area contributed by atoms with Gasteiger partial charge in [-0.05, 0) is 25.4 Å². The molecule has 0 spiro atoms. The van der Waals surface area contributed by atoms with Gasteiger partial charge in [0.15, 0.2) is 0 Å². The van der Waals surface area contributed by atoms with Gasteiger partial charge in [-0.25, -0.2) is 0 Å². The highest BCUT2D eigenvalue weighted by Gasteiger charge is 2.08. The first-order valence-electron chi connectivity index (χ1n) is 5.16. The van der Waals surface area contributed by atoms with Crippen LogP contribution < -0.4 is 5.73 Å². The van der Waals surface area contributed by atoms with Gasteiger partial charge in [-0.2, -0.15) is 0 Å². The largest absolute Gasteiger partial charge is 0.372 e. The molecule has 0 saturated carbocycles. The summed E-state index contributed by atoms with van der Waals surface area (Å²) in [5, 5.41) is 0. The van der Waals surface area contributed by atoms with E-state index in [1.165, 1.54) is 0 Å². The average Bonchev–Trinajstić information content (AvgIpc) is 2.21. The van der Waals surface area contributed by atoms with E-state index in [1.807, 2.05) is 0 Å². The van der Waals surface area contributed by atoms with E-state index in [4.69, 9.17) is 19.6 Å². The number of hydrogen-bond acceptors (Lipinski definition) is 4. The minimum Gasteiger partial charge on any atom is -0.372 e. The fraction of sp³-hybridized carbons (Fsp3) is 1.00. The first-order valence-corrected chi connectivity index (χ1v) is 6.28. The Kier molecular flexibility index (Phi) is 11.2. The van der Waals surface area contributed by atoms with E-state index in [0.717, 1.165) is 18.9 Å². The van der Waals surface area contributed by atoms with Crippen molar-refractivity contribution in [2.45, 2.75) is 39.2 Å². The second kappa shape index (κ2) is 11.1. The Morgan fingerprint density at radius 3 is 2.14 bits per heavy atom. The third kappa shape index (κ3) is 8.65. The summed E-state index contributed by atoms with van der Waals surface area (Å²) >= 11 is 0. The number of hydrogen-bond donors (Lipinski definition) is 1. The summed E-state index contributed by atoms with van der Waals surface area (Å²) < 4.78 is 16.1. The zero-order chi connectivity index (χ0) is 10.6. The number of ether oxygens (including phenoxy) is 2. The van der Waals surface area contributed by atoms with Crippen molar-refractivity contribution in [1.29, 1.82) is 0 Å².